The van der Waals surface area contributed by atoms with Crippen LogP contribution in [-0.2, 0) is 0 Å². The van der Waals surface area contributed by atoms with Gasteiger partial charge >= 0.3 is 0 Å². The Balaban J connectivity index is 1.96. The maximum atomic E-state index is 8.78. The molecule has 0 aliphatic carbocycles. The molecule has 2 nitrogen and oxygen atoms in total. The molecule has 0 amide bonds. The van der Waals surface area contributed by atoms with Crippen LogP contribution in [0.1, 0.15) is 16.8 Å². The van der Waals surface area contributed by atoms with Crippen molar-refractivity contribution in [3.05, 3.63) is 77.6 Å². The Labute approximate surface area is 117 Å². The van der Waals surface area contributed by atoms with Gasteiger partial charge in [-0.2, -0.15) is 5.26 Å². The van der Waals surface area contributed by atoms with Crippen molar-refractivity contribution in [2.75, 3.05) is 0 Å². The maximum absolute atomic E-state index is 8.78. The highest BCUT2D eigenvalue weighted by Crippen LogP contribution is 2.18. The summed E-state index contributed by atoms with van der Waals surface area (Å²) in [6.45, 7) is 0. The molecular weight excluding hydrogens is 244 g/mol. The second-order valence-corrected chi connectivity index (χ2v) is 4.48. The lowest BCUT2D eigenvalue weighted by Crippen LogP contribution is -1.83. The SMILES string of the molecule is N#Cc1ccc(/C=C/c2nccc3ccccc23)cc1. The summed E-state index contributed by atoms with van der Waals surface area (Å²) in [5, 5.41) is 11.1. The van der Waals surface area contributed by atoms with E-state index in [1.165, 1.54) is 5.39 Å². The summed E-state index contributed by atoms with van der Waals surface area (Å²) in [5.41, 5.74) is 2.68. The van der Waals surface area contributed by atoms with Crippen molar-refractivity contribution in [3.63, 3.8) is 0 Å². The molecule has 0 fully saturated rings. The van der Waals surface area contributed by atoms with Crippen LogP contribution in [0.3, 0.4) is 0 Å². The fraction of sp³-hybridized carbons (Fsp3) is 0. The van der Waals surface area contributed by atoms with Crippen LogP contribution in [0.5, 0.6) is 0 Å². The zero-order valence-electron chi connectivity index (χ0n) is 10.8. The van der Waals surface area contributed by atoms with Crippen molar-refractivity contribution < 1.29 is 0 Å². The van der Waals surface area contributed by atoms with E-state index in [4.69, 9.17) is 5.26 Å². The van der Waals surface area contributed by atoms with Crippen LogP contribution in [0.2, 0.25) is 0 Å². The molecule has 0 aliphatic rings. The van der Waals surface area contributed by atoms with Crippen LogP contribution in [0.4, 0.5) is 0 Å². The second kappa shape index (κ2) is 5.38. The van der Waals surface area contributed by atoms with Crippen LogP contribution in [0.15, 0.2) is 60.8 Å². The number of hydrogen-bond acceptors (Lipinski definition) is 2. The third-order valence-corrected chi connectivity index (χ3v) is 3.18. The molecule has 0 N–H and O–H groups in total. The quantitative estimate of drug-likeness (QED) is 0.686. The second-order valence-electron chi connectivity index (χ2n) is 4.48. The molecule has 20 heavy (non-hydrogen) atoms. The van der Waals surface area contributed by atoms with E-state index in [2.05, 4.69) is 23.2 Å². The van der Waals surface area contributed by atoms with Crippen LogP contribution in [-0.4, -0.2) is 4.98 Å². The number of rotatable bonds is 2. The van der Waals surface area contributed by atoms with E-state index in [0.717, 1.165) is 16.6 Å². The van der Waals surface area contributed by atoms with Gasteiger partial charge in [0.2, 0.25) is 0 Å². The Kier molecular flexibility index (Phi) is 3.26. The number of pyridine rings is 1. The summed E-state index contributed by atoms with van der Waals surface area (Å²) in [7, 11) is 0. The first-order valence-corrected chi connectivity index (χ1v) is 6.39. The number of nitriles is 1. The van der Waals surface area contributed by atoms with Gasteiger partial charge in [0.15, 0.2) is 0 Å². The summed E-state index contributed by atoms with van der Waals surface area (Å²) >= 11 is 0. The van der Waals surface area contributed by atoms with Gasteiger partial charge in [-0.25, -0.2) is 0 Å². The molecule has 94 valence electrons. The maximum Gasteiger partial charge on any atom is 0.0991 e. The van der Waals surface area contributed by atoms with Gasteiger partial charge in [-0.15, -0.1) is 0 Å². The molecule has 1 aromatic heterocycles. The first kappa shape index (κ1) is 12.1. The van der Waals surface area contributed by atoms with E-state index < -0.39 is 0 Å². The normalized spacial score (nSPS) is 10.8. The zero-order valence-corrected chi connectivity index (χ0v) is 10.8. The lowest BCUT2D eigenvalue weighted by Gasteiger charge is -2.00. The van der Waals surface area contributed by atoms with Gasteiger partial charge in [0.05, 0.1) is 17.3 Å². The minimum absolute atomic E-state index is 0.672. The predicted octanol–water partition coefficient (Wildman–Crippen LogP) is 4.28. The molecule has 0 aliphatic heterocycles. The molecule has 3 rings (SSSR count). The van der Waals surface area contributed by atoms with Crippen molar-refractivity contribution in [2.24, 2.45) is 0 Å². The Hall–Kier alpha value is -2.92. The van der Waals surface area contributed by atoms with E-state index in [9.17, 15) is 0 Å². The van der Waals surface area contributed by atoms with Gasteiger partial charge in [0, 0.05) is 11.6 Å². The fourth-order valence-electron chi connectivity index (χ4n) is 2.12. The standard InChI is InChI=1S/C18H12N2/c19-13-15-7-5-14(6-8-15)9-10-18-17-4-2-1-3-16(17)11-12-20-18/h1-12H/b10-9+. The van der Waals surface area contributed by atoms with E-state index in [1.807, 2.05) is 60.8 Å². The average molecular weight is 256 g/mol. The molecule has 3 aromatic rings. The average Bonchev–Trinajstić information content (AvgIpc) is 2.53. The number of benzene rings is 2. The van der Waals surface area contributed by atoms with Crippen LogP contribution in [0, 0.1) is 11.3 Å². The number of hydrogen-bond donors (Lipinski definition) is 0. The molecule has 0 spiro atoms. The summed E-state index contributed by atoms with van der Waals surface area (Å²) in [5.74, 6) is 0. The van der Waals surface area contributed by atoms with Crippen molar-refractivity contribution in [3.8, 4) is 6.07 Å². The summed E-state index contributed by atoms with van der Waals surface area (Å²) in [6, 6.07) is 19.8. The molecule has 0 unspecified atom stereocenters. The van der Waals surface area contributed by atoms with E-state index in [0.29, 0.717) is 5.56 Å². The number of nitrogens with zero attached hydrogens (tertiary/aromatic N) is 2. The molecule has 1 heterocycles. The minimum atomic E-state index is 0.672. The first-order chi connectivity index (χ1) is 9.86. The molecule has 0 saturated heterocycles. The third kappa shape index (κ3) is 2.43. The molecular formula is C18H12N2. The lowest BCUT2D eigenvalue weighted by atomic mass is 10.1. The molecule has 0 radical (unpaired) electrons. The smallest absolute Gasteiger partial charge is 0.0991 e. The zero-order chi connectivity index (χ0) is 13.8. The van der Waals surface area contributed by atoms with Gasteiger partial charge in [-0.1, -0.05) is 42.5 Å². The third-order valence-electron chi connectivity index (χ3n) is 3.18. The fourth-order valence-corrected chi connectivity index (χ4v) is 2.12. The highest BCUT2D eigenvalue weighted by Gasteiger charge is 1.97. The van der Waals surface area contributed by atoms with Gasteiger partial charge in [0.1, 0.15) is 0 Å². The topological polar surface area (TPSA) is 36.7 Å². The molecule has 0 saturated carbocycles. The predicted molar refractivity (Wildman–Crippen MR) is 81.8 cm³/mol. The summed E-state index contributed by atoms with van der Waals surface area (Å²) in [4.78, 5) is 4.42. The first-order valence-electron chi connectivity index (χ1n) is 6.39. The van der Waals surface area contributed by atoms with Gasteiger partial charge in [-0.3, -0.25) is 4.98 Å². The summed E-state index contributed by atoms with van der Waals surface area (Å²) in [6.07, 6.45) is 5.83. The number of aromatic nitrogens is 1. The monoisotopic (exact) mass is 256 g/mol. The van der Waals surface area contributed by atoms with Crippen LogP contribution < -0.4 is 0 Å². The molecule has 2 aromatic carbocycles. The van der Waals surface area contributed by atoms with Crippen molar-refractivity contribution in [1.82, 2.24) is 4.98 Å². The largest absolute Gasteiger partial charge is 0.256 e. The minimum Gasteiger partial charge on any atom is -0.256 e. The van der Waals surface area contributed by atoms with E-state index in [1.54, 1.807) is 0 Å². The highest BCUT2D eigenvalue weighted by molar-refractivity contribution is 5.90. The summed E-state index contributed by atoms with van der Waals surface area (Å²) < 4.78 is 0. The lowest BCUT2D eigenvalue weighted by molar-refractivity contribution is 1.33. The Morgan fingerprint density at radius 1 is 0.900 bits per heavy atom. The van der Waals surface area contributed by atoms with Gasteiger partial charge in [-0.05, 0) is 35.2 Å². The van der Waals surface area contributed by atoms with Crippen molar-refractivity contribution in [2.45, 2.75) is 0 Å². The van der Waals surface area contributed by atoms with E-state index >= 15 is 0 Å². The molecule has 0 atom stereocenters. The van der Waals surface area contributed by atoms with E-state index in [-0.39, 0.29) is 0 Å². The Morgan fingerprint density at radius 3 is 2.50 bits per heavy atom. The van der Waals surface area contributed by atoms with Crippen molar-refractivity contribution >= 4 is 22.9 Å². The highest BCUT2D eigenvalue weighted by atomic mass is 14.7. The Bertz CT molecular complexity index is 803. The van der Waals surface area contributed by atoms with Gasteiger partial charge in [0.25, 0.3) is 0 Å². The van der Waals surface area contributed by atoms with Crippen LogP contribution >= 0.6 is 0 Å². The number of fused-ring (bicyclic) bond motifs is 1. The Morgan fingerprint density at radius 2 is 1.70 bits per heavy atom. The molecule has 0 bridgehead atoms. The van der Waals surface area contributed by atoms with Gasteiger partial charge < -0.3 is 0 Å². The van der Waals surface area contributed by atoms with Crippen LogP contribution in [0.25, 0.3) is 22.9 Å². The molecule has 2 heteroatoms. The van der Waals surface area contributed by atoms with Crippen molar-refractivity contribution in [1.29, 1.82) is 5.26 Å².